The molecule has 4 rings (SSSR count). The maximum Gasteiger partial charge on any atom is 0.224 e. The van der Waals surface area contributed by atoms with Gasteiger partial charge in [-0.2, -0.15) is 0 Å². The average Bonchev–Trinajstić information content (AvgIpc) is 3.03. The number of aromatic amines is 1. The molecule has 3 N–H and O–H groups in total. The van der Waals surface area contributed by atoms with Crippen LogP contribution in [-0.4, -0.2) is 39.2 Å². The zero-order valence-electron chi connectivity index (χ0n) is 16.0. The summed E-state index contributed by atoms with van der Waals surface area (Å²) in [6, 6.07) is 7.51. The lowest BCUT2D eigenvalue weighted by molar-refractivity contribution is -0.122. The first-order valence-electron chi connectivity index (χ1n) is 9.43. The van der Waals surface area contributed by atoms with Crippen LogP contribution in [0.25, 0.3) is 11.0 Å². The molecule has 146 valence electrons. The van der Waals surface area contributed by atoms with Crippen molar-refractivity contribution in [1.82, 2.24) is 20.3 Å². The molecule has 0 spiro atoms. The molecule has 1 amide bonds. The van der Waals surface area contributed by atoms with Crippen molar-refractivity contribution in [3.05, 3.63) is 53.6 Å². The van der Waals surface area contributed by atoms with Crippen molar-refractivity contribution in [3.63, 3.8) is 0 Å². The fourth-order valence-electron chi connectivity index (χ4n) is 3.80. The lowest BCUT2D eigenvalue weighted by atomic mass is 9.75. The molecule has 1 fully saturated rings. The van der Waals surface area contributed by atoms with Crippen LogP contribution < -0.4 is 10.1 Å². The van der Waals surface area contributed by atoms with Crippen LogP contribution in [0.4, 0.5) is 0 Å². The quantitative estimate of drug-likeness (QED) is 0.610. The van der Waals surface area contributed by atoms with Crippen LogP contribution in [-0.2, 0) is 11.2 Å². The number of hydrogen-bond donors (Lipinski definition) is 3. The number of pyridine rings is 1. The van der Waals surface area contributed by atoms with Crippen molar-refractivity contribution in [2.45, 2.75) is 38.3 Å². The highest BCUT2D eigenvalue weighted by Gasteiger charge is 2.36. The van der Waals surface area contributed by atoms with Gasteiger partial charge in [0.1, 0.15) is 11.6 Å². The van der Waals surface area contributed by atoms with Gasteiger partial charge in [0, 0.05) is 6.20 Å². The van der Waals surface area contributed by atoms with E-state index in [9.17, 15) is 9.90 Å². The lowest BCUT2D eigenvalue weighted by Gasteiger charge is -2.38. The molecule has 0 aliphatic heterocycles. The predicted molar refractivity (Wildman–Crippen MR) is 105 cm³/mol. The number of aryl methyl sites for hydroxylation is 1. The fourth-order valence-corrected chi connectivity index (χ4v) is 3.80. The molecular formula is C21H24N4O3. The molecule has 1 atom stereocenters. The van der Waals surface area contributed by atoms with Crippen LogP contribution in [0.1, 0.15) is 35.8 Å². The van der Waals surface area contributed by atoms with E-state index in [0.29, 0.717) is 18.6 Å². The van der Waals surface area contributed by atoms with E-state index in [-0.39, 0.29) is 30.4 Å². The van der Waals surface area contributed by atoms with Crippen molar-refractivity contribution in [1.29, 1.82) is 0 Å². The number of rotatable bonds is 6. The van der Waals surface area contributed by atoms with Gasteiger partial charge in [-0.15, -0.1) is 0 Å². The summed E-state index contributed by atoms with van der Waals surface area (Å²) in [5.41, 5.74) is 3.64. The highest BCUT2D eigenvalue weighted by Crippen LogP contribution is 2.38. The average molecular weight is 380 g/mol. The number of benzene rings is 1. The zero-order valence-corrected chi connectivity index (χ0v) is 16.0. The molecule has 1 aromatic carbocycles. The number of carbonyl (C=O) groups excluding carboxylic acids is 1. The van der Waals surface area contributed by atoms with Gasteiger partial charge in [-0.05, 0) is 55.0 Å². The van der Waals surface area contributed by atoms with Gasteiger partial charge in [0.25, 0.3) is 0 Å². The molecule has 7 heteroatoms. The van der Waals surface area contributed by atoms with Gasteiger partial charge in [-0.3, -0.25) is 9.78 Å². The van der Waals surface area contributed by atoms with Crippen LogP contribution in [0.5, 0.6) is 5.75 Å². The van der Waals surface area contributed by atoms with Crippen LogP contribution in [0, 0.1) is 12.8 Å². The number of fused-ring (bicyclic) bond motifs is 1. The Labute approximate surface area is 163 Å². The molecule has 0 bridgehead atoms. The Morgan fingerprint density at radius 3 is 2.93 bits per heavy atom. The first-order chi connectivity index (χ1) is 13.5. The van der Waals surface area contributed by atoms with E-state index < -0.39 is 0 Å². The summed E-state index contributed by atoms with van der Waals surface area (Å²) in [6.07, 6.45) is 4.70. The molecule has 0 radical (unpaired) electrons. The third-order valence-corrected chi connectivity index (χ3v) is 5.30. The second-order valence-corrected chi connectivity index (χ2v) is 7.44. The van der Waals surface area contributed by atoms with Gasteiger partial charge >= 0.3 is 0 Å². The number of aromatic nitrogens is 3. The van der Waals surface area contributed by atoms with Gasteiger partial charge < -0.3 is 20.1 Å². The Bertz CT molecular complexity index is 994. The molecule has 2 aromatic heterocycles. The highest BCUT2D eigenvalue weighted by atomic mass is 16.5. The second-order valence-electron chi connectivity index (χ2n) is 7.44. The minimum Gasteiger partial charge on any atom is -0.495 e. The maximum atomic E-state index is 12.8. The summed E-state index contributed by atoms with van der Waals surface area (Å²) in [5, 5.41) is 12.9. The van der Waals surface area contributed by atoms with Crippen LogP contribution in [0.2, 0.25) is 0 Å². The Balaban J connectivity index is 1.51. The summed E-state index contributed by atoms with van der Waals surface area (Å²) in [4.78, 5) is 24.6. The highest BCUT2D eigenvalue weighted by molar-refractivity contribution is 5.82. The first-order valence-corrected chi connectivity index (χ1v) is 9.43. The van der Waals surface area contributed by atoms with E-state index in [1.54, 1.807) is 19.5 Å². The lowest BCUT2D eigenvalue weighted by Crippen LogP contribution is -2.41. The molecular weight excluding hydrogens is 356 g/mol. The van der Waals surface area contributed by atoms with Crippen LogP contribution in [0.3, 0.4) is 0 Å². The standard InChI is InChI=1S/C21H24N4O3/c1-12-23-18-4-3-13(5-19(18)24-12)6-20(27)25-21(14-7-16(26)8-14)15-9-17(28-2)11-22-10-15/h3-5,9-11,14,16,21,26H,6-8H2,1-2H3,(H,23,24)(H,25,27). The molecule has 1 aliphatic rings. The topological polar surface area (TPSA) is 100 Å². The van der Waals surface area contributed by atoms with Gasteiger partial charge in [0.2, 0.25) is 5.91 Å². The van der Waals surface area contributed by atoms with E-state index in [1.807, 2.05) is 31.2 Å². The third-order valence-electron chi connectivity index (χ3n) is 5.30. The molecule has 3 aromatic rings. The number of hydrogen-bond acceptors (Lipinski definition) is 5. The maximum absolute atomic E-state index is 12.8. The predicted octanol–water partition coefficient (Wildman–Crippen LogP) is 2.45. The van der Waals surface area contributed by atoms with Crippen molar-refractivity contribution < 1.29 is 14.6 Å². The summed E-state index contributed by atoms with van der Waals surface area (Å²) in [5.74, 6) is 1.62. The SMILES string of the molecule is COc1cncc(C(NC(=O)Cc2ccc3nc(C)[nH]c3c2)C2CC(O)C2)c1. The third kappa shape index (κ3) is 3.84. The van der Waals surface area contributed by atoms with Gasteiger partial charge in [0.05, 0.1) is 42.9 Å². The van der Waals surface area contributed by atoms with Crippen molar-refractivity contribution >= 4 is 16.9 Å². The minimum absolute atomic E-state index is 0.0650. The van der Waals surface area contributed by atoms with E-state index in [0.717, 1.165) is 28.0 Å². The molecule has 2 heterocycles. The van der Waals surface area contributed by atoms with Crippen molar-refractivity contribution in [2.24, 2.45) is 5.92 Å². The van der Waals surface area contributed by atoms with E-state index in [2.05, 4.69) is 20.3 Å². The van der Waals surface area contributed by atoms with Gasteiger partial charge in [-0.1, -0.05) is 6.07 Å². The van der Waals surface area contributed by atoms with Gasteiger partial charge in [-0.25, -0.2) is 4.98 Å². The van der Waals surface area contributed by atoms with Gasteiger partial charge in [0.15, 0.2) is 0 Å². The number of imidazole rings is 1. The van der Waals surface area contributed by atoms with E-state index >= 15 is 0 Å². The first kappa shape index (κ1) is 18.4. The Morgan fingerprint density at radius 1 is 1.36 bits per heavy atom. The number of aliphatic hydroxyl groups is 1. The number of carbonyl (C=O) groups is 1. The van der Waals surface area contributed by atoms with Crippen LogP contribution >= 0.6 is 0 Å². The number of amides is 1. The number of H-pyrrole nitrogens is 1. The monoisotopic (exact) mass is 380 g/mol. The summed E-state index contributed by atoms with van der Waals surface area (Å²) < 4.78 is 5.27. The number of ether oxygens (including phenoxy) is 1. The Morgan fingerprint density at radius 2 is 2.18 bits per heavy atom. The summed E-state index contributed by atoms with van der Waals surface area (Å²) in [6.45, 7) is 1.91. The second kappa shape index (κ2) is 7.59. The molecule has 1 unspecified atom stereocenters. The minimum atomic E-state index is -0.297. The van der Waals surface area contributed by atoms with Crippen molar-refractivity contribution in [2.75, 3.05) is 7.11 Å². The summed E-state index contributed by atoms with van der Waals surface area (Å²) in [7, 11) is 1.59. The zero-order chi connectivity index (χ0) is 19.7. The number of nitrogens with one attached hydrogen (secondary N) is 2. The van der Waals surface area contributed by atoms with E-state index in [1.165, 1.54) is 0 Å². The number of aliphatic hydroxyl groups excluding tert-OH is 1. The smallest absolute Gasteiger partial charge is 0.224 e. The van der Waals surface area contributed by atoms with Crippen LogP contribution in [0.15, 0.2) is 36.7 Å². The Kier molecular flexibility index (Phi) is 5.00. The molecule has 28 heavy (non-hydrogen) atoms. The number of nitrogens with zero attached hydrogens (tertiary/aromatic N) is 2. The molecule has 1 aliphatic carbocycles. The van der Waals surface area contributed by atoms with E-state index in [4.69, 9.17) is 4.74 Å². The summed E-state index contributed by atoms with van der Waals surface area (Å²) >= 11 is 0. The molecule has 1 saturated carbocycles. The largest absolute Gasteiger partial charge is 0.495 e. The normalized spacial score (nSPS) is 19.8. The molecule has 0 saturated heterocycles. The molecule has 7 nitrogen and oxygen atoms in total. The fraction of sp³-hybridized carbons (Fsp3) is 0.381. The van der Waals surface area contributed by atoms with Crippen molar-refractivity contribution in [3.8, 4) is 5.75 Å². The Hall–Kier alpha value is -2.93. The number of methoxy groups -OCH3 is 1.